The van der Waals surface area contributed by atoms with Crippen molar-refractivity contribution in [1.29, 1.82) is 0 Å². The van der Waals surface area contributed by atoms with Crippen LogP contribution in [0.1, 0.15) is 9.68 Å². The molecule has 0 aliphatic carbocycles. The molecule has 0 aromatic carbocycles. The van der Waals surface area contributed by atoms with Gasteiger partial charge in [-0.25, -0.2) is 19.1 Å². The molecule has 0 radical (unpaired) electrons. The molecule has 0 amide bonds. The van der Waals surface area contributed by atoms with Gasteiger partial charge in [0.1, 0.15) is 11.4 Å². The van der Waals surface area contributed by atoms with Crippen LogP contribution in [0.15, 0.2) is 36.7 Å². The van der Waals surface area contributed by atoms with Gasteiger partial charge in [-0.15, -0.1) is 0 Å². The van der Waals surface area contributed by atoms with E-state index >= 15 is 0 Å². The second kappa shape index (κ2) is 3.43. The van der Waals surface area contributed by atoms with Crippen molar-refractivity contribution in [3.8, 4) is 11.5 Å². The van der Waals surface area contributed by atoms with Gasteiger partial charge in [-0.2, -0.15) is 0 Å². The van der Waals surface area contributed by atoms with Crippen molar-refractivity contribution in [3.05, 3.63) is 42.2 Å². The van der Waals surface area contributed by atoms with Crippen LogP contribution in [0.3, 0.4) is 0 Å². The van der Waals surface area contributed by atoms with Crippen molar-refractivity contribution in [3.63, 3.8) is 0 Å². The van der Waals surface area contributed by atoms with E-state index in [2.05, 4.69) is 9.97 Å². The molecule has 0 spiro atoms. The number of pyridine rings is 2. The number of hydrogen-bond acceptors (Lipinski definition) is 3. The van der Waals surface area contributed by atoms with Gasteiger partial charge in [-0.3, -0.25) is 0 Å². The topological polar surface area (TPSA) is 34.6 Å². The lowest BCUT2D eigenvalue weighted by atomic mass is 10.2. The van der Waals surface area contributed by atoms with E-state index in [0.29, 0.717) is 12.4 Å². The van der Waals surface area contributed by atoms with Crippen molar-refractivity contribution in [2.45, 2.75) is 6.54 Å². The largest absolute Gasteiger partial charge is 0.309 e. The van der Waals surface area contributed by atoms with E-state index in [1.165, 1.54) is 15.9 Å². The Morgan fingerprint density at radius 2 is 2.20 bits per heavy atom. The minimum absolute atomic E-state index is 0.644. The number of aryl methyl sites for hydroxylation is 1. The molecule has 4 nitrogen and oxygen atoms in total. The molecule has 1 aliphatic rings. The third-order valence-electron chi connectivity index (χ3n) is 3.79. The van der Waals surface area contributed by atoms with Gasteiger partial charge in [0.05, 0.1) is 16.5 Å². The van der Waals surface area contributed by atoms with Crippen molar-refractivity contribution >= 4 is 31.9 Å². The van der Waals surface area contributed by atoms with Crippen LogP contribution in [0.25, 0.3) is 32.1 Å². The lowest BCUT2D eigenvalue weighted by Gasteiger charge is -1.94. The molecule has 20 heavy (non-hydrogen) atoms. The summed E-state index contributed by atoms with van der Waals surface area (Å²) in [6.45, 7) is -1.63. The van der Waals surface area contributed by atoms with E-state index in [1.54, 1.807) is 12.4 Å². The molecule has 0 saturated heterocycles. The number of hydrogen-bond donors (Lipinski definition) is 0. The number of fused-ring (bicyclic) bond motifs is 7. The van der Waals surface area contributed by atoms with Crippen LogP contribution < -0.4 is 4.57 Å². The Hall–Kier alpha value is -2.27. The van der Waals surface area contributed by atoms with Crippen LogP contribution in [-0.4, -0.2) is 14.5 Å². The number of rotatable bonds is 0. The van der Waals surface area contributed by atoms with Gasteiger partial charge in [0.2, 0.25) is 4.83 Å². The minimum Gasteiger partial charge on any atom is -0.248 e. The first-order chi connectivity index (χ1) is 11.1. The third-order valence-corrected chi connectivity index (χ3v) is 4.92. The highest BCUT2D eigenvalue weighted by atomic mass is 32.1. The highest BCUT2D eigenvalue weighted by Crippen LogP contribution is 2.36. The molecule has 0 bridgehead atoms. The average molecular weight is 282 g/mol. The van der Waals surface area contributed by atoms with E-state index in [4.69, 9.17) is 4.11 Å². The zero-order valence-electron chi connectivity index (χ0n) is 13.4. The zero-order valence-corrected chi connectivity index (χ0v) is 11.2. The standard InChI is InChI=1S/C15H11N4S/c1-18-12-10-5-3-7-17-13(10)20-15(12)19-8-9-4-2-6-16-11(9)14(18)19/h2-7H,8H2,1H3/q+1/i1D3. The van der Waals surface area contributed by atoms with Gasteiger partial charge in [0, 0.05) is 18.0 Å². The Morgan fingerprint density at radius 3 is 3.15 bits per heavy atom. The SMILES string of the molecule is [2H]C([2H])([2H])n1c2[n+](c3sc4ncccc4c31)Cc1cccnc1-2. The second-order valence-electron chi connectivity index (χ2n) is 4.87. The fraction of sp³-hybridized carbons (Fsp3) is 0.133. The van der Waals surface area contributed by atoms with Crippen LogP contribution in [0, 0.1) is 0 Å². The molecule has 5 heteroatoms. The summed E-state index contributed by atoms with van der Waals surface area (Å²) >= 11 is 1.53. The summed E-state index contributed by atoms with van der Waals surface area (Å²) < 4.78 is 27.6. The lowest BCUT2D eigenvalue weighted by Crippen LogP contribution is -2.30. The molecular formula is C15H11N4S+. The van der Waals surface area contributed by atoms with Crippen LogP contribution >= 0.6 is 11.3 Å². The molecule has 5 heterocycles. The predicted molar refractivity (Wildman–Crippen MR) is 78.6 cm³/mol. The Kier molecular flexibility index (Phi) is 1.39. The highest BCUT2D eigenvalue weighted by molar-refractivity contribution is 7.24. The maximum atomic E-state index is 8.03. The molecule has 0 atom stereocenters. The smallest absolute Gasteiger partial charge is 0.248 e. The summed E-state index contributed by atoms with van der Waals surface area (Å²) in [5.41, 5.74) is 2.53. The van der Waals surface area contributed by atoms with Gasteiger partial charge in [0.25, 0.3) is 0 Å². The Bertz CT molecular complexity index is 1090. The van der Waals surface area contributed by atoms with E-state index < -0.39 is 6.98 Å². The van der Waals surface area contributed by atoms with Crippen molar-refractivity contribution in [1.82, 2.24) is 14.5 Å². The summed E-state index contributed by atoms with van der Waals surface area (Å²) in [6, 6.07) is 7.65. The monoisotopic (exact) mass is 282 g/mol. The zero-order chi connectivity index (χ0) is 15.8. The fourth-order valence-electron chi connectivity index (χ4n) is 2.95. The highest BCUT2D eigenvalue weighted by Gasteiger charge is 2.35. The molecule has 0 unspecified atom stereocenters. The number of aromatic nitrogens is 4. The van der Waals surface area contributed by atoms with Crippen molar-refractivity contribution in [2.24, 2.45) is 6.98 Å². The van der Waals surface area contributed by atoms with Gasteiger partial charge < -0.3 is 0 Å². The van der Waals surface area contributed by atoms with Crippen LogP contribution in [0.5, 0.6) is 0 Å². The molecule has 4 aromatic rings. The Labute approximate surface area is 123 Å². The fourth-order valence-corrected chi connectivity index (χ4v) is 4.08. The maximum absolute atomic E-state index is 8.03. The number of thiophene rings is 1. The molecule has 0 N–H and O–H groups in total. The van der Waals surface area contributed by atoms with Gasteiger partial charge >= 0.3 is 5.82 Å². The summed E-state index contributed by atoms with van der Waals surface area (Å²) in [5, 5.41) is 0.878. The number of nitrogens with zero attached hydrogens (tertiary/aromatic N) is 4. The molecule has 0 fully saturated rings. The predicted octanol–water partition coefficient (Wildman–Crippen LogP) is 2.50. The first-order valence-electron chi connectivity index (χ1n) is 7.82. The van der Waals surface area contributed by atoms with Crippen molar-refractivity contribution in [2.75, 3.05) is 0 Å². The summed E-state index contributed by atoms with van der Waals surface area (Å²) in [7, 11) is 0. The lowest BCUT2D eigenvalue weighted by molar-refractivity contribution is -0.644. The van der Waals surface area contributed by atoms with Gasteiger partial charge in [0.15, 0.2) is 11.2 Å². The normalized spacial score (nSPS) is 15.9. The van der Waals surface area contributed by atoms with Crippen LogP contribution in [0.4, 0.5) is 0 Å². The molecule has 4 aromatic heterocycles. The summed E-state index contributed by atoms with van der Waals surface area (Å²) in [4.78, 5) is 10.6. The first kappa shape index (κ1) is 8.11. The second-order valence-corrected chi connectivity index (χ2v) is 5.85. The molecule has 0 saturated carbocycles. The van der Waals surface area contributed by atoms with Crippen LogP contribution in [-0.2, 0) is 13.5 Å². The van der Waals surface area contributed by atoms with E-state index in [1.807, 2.05) is 28.8 Å². The number of imidazole rings is 1. The van der Waals surface area contributed by atoms with Crippen molar-refractivity contribution < 1.29 is 8.68 Å². The van der Waals surface area contributed by atoms with Gasteiger partial charge in [-0.05, 0) is 18.2 Å². The Balaban J connectivity index is 2.01. The Morgan fingerprint density at radius 1 is 1.30 bits per heavy atom. The first-order valence-corrected chi connectivity index (χ1v) is 7.14. The minimum atomic E-state index is -2.28. The van der Waals surface area contributed by atoms with E-state index in [9.17, 15) is 0 Å². The average Bonchev–Trinajstić information content (AvgIpc) is 3.13. The quantitative estimate of drug-likeness (QED) is 0.409. The molecule has 1 aliphatic heterocycles. The summed E-state index contributed by atoms with van der Waals surface area (Å²) in [6.07, 6.45) is 3.44. The van der Waals surface area contributed by atoms with E-state index in [-0.39, 0.29) is 0 Å². The van der Waals surface area contributed by atoms with Crippen LogP contribution in [0.2, 0.25) is 0 Å². The maximum Gasteiger partial charge on any atom is 0.309 e. The summed E-state index contributed by atoms with van der Waals surface area (Å²) in [5.74, 6) is 0.660. The molecule has 5 rings (SSSR count). The molecular weight excluding hydrogens is 268 g/mol. The van der Waals surface area contributed by atoms with Gasteiger partial charge in [-0.1, -0.05) is 17.4 Å². The van der Waals surface area contributed by atoms with E-state index in [0.717, 1.165) is 31.8 Å². The molecule has 96 valence electrons. The third kappa shape index (κ3) is 1.10.